The van der Waals surface area contributed by atoms with Crippen LogP contribution >= 0.6 is 0 Å². The molecule has 0 unspecified atom stereocenters. The number of amides is 2. The maximum Gasteiger partial charge on any atom is 0.289 e. The third kappa shape index (κ3) is 3.14. The van der Waals surface area contributed by atoms with Gasteiger partial charge >= 0.3 is 0 Å². The summed E-state index contributed by atoms with van der Waals surface area (Å²) >= 11 is 0. The second kappa shape index (κ2) is 5.88. The molecule has 0 aromatic carbocycles. The Balaban J connectivity index is 1.95. The van der Waals surface area contributed by atoms with Gasteiger partial charge in [0.05, 0.1) is 6.54 Å². The molecule has 2 heterocycles. The molecule has 0 radical (unpaired) electrons. The first kappa shape index (κ1) is 13.6. The van der Waals surface area contributed by atoms with Crippen LogP contribution in [0.2, 0.25) is 0 Å². The van der Waals surface area contributed by atoms with Gasteiger partial charge in [0.25, 0.3) is 5.91 Å². The Morgan fingerprint density at radius 2 is 1.84 bits per heavy atom. The van der Waals surface area contributed by atoms with E-state index in [1.807, 2.05) is 7.05 Å². The van der Waals surface area contributed by atoms with Crippen molar-refractivity contribution in [3.63, 3.8) is 0 Å². The van der Waals surface area contributed by atoms with E-state index in [-0.39, 0.29) is 11.8 Å². The highest BCUT2D eigenvalue weighted by molar-refractivity contribution is 5.91. The van der Waals surface area contributed by atoms with E-state index in [4.69, 9.17) is 4.42 Å². The van der Waals surface area contributed by atoms with Crippen molar-refractivity contribution in [1.82, 2.24) is 15.1 Å². The Hall–Kier alpha value is -1.82. The van der Waals surface area contributed by atoms with E-state index in [1.165, 1.54) is 0 Å². The van der Waals surface area contributed by atoms with Gasteiger partial charge in [0, 0.05) is 33.1 Å². The molecular weight excluding hydrogens is 246 g/mol. The summed E-state index contributed by atoms with van der Waals surface area (Å²) in [6.45, 7) is 4.44. The molecule has 6 nitrogen and oxygen atoms in total. The van der Waals surface area contributed by atoms with Crippen LogP contribution in [0.1, 0.15) is 23.2 Å². The van der Waals surface area contributed by atoms with Gasteiger partial charge < -0.3 is 19.5 Å². The van der Waals surface area contributed by atoms with Crippen LogP contribution in [0.15, 0.2) is 16.5 Å². The molecule has 1 saturated heterocycles. The fourth-order valence-electron chi connectivity index (χ4n) is 2.14. The third-order valence-corrected chi connectivity index (χ3v) is 3.24. The first-order valence-electron chi connectivity index (χ1n) is 6.40. The Kier molecular flexibility index (Phi) is 4.21. The van der Waals surface area contributed by atoms with E-state index in [2.05, 4.69) is 5.32 Å². The van der Waals surface area contributed by atoms with Gasteiger partial charge in [-0.05, 0) is 19.2 Å². The summed E-state index contributed by atoms with van der Waals surface area (Å²) in [5.41, 5.74) is 0. The zero-order valence-electron chi connectivity index (χ0n) is 11.3. The van der Waals surface area contributed by atoms with Gasteiger partial charge in [-0.3, -0.25) is 9.59 Å². The number of furan rings is 1. The molecule has 0 saturated carbocycles. The lowest BCUT2D eigenvalue weighted by Gasteiger charge is -2.33. The van der Waals surface area contributed by atoms with Crippen LogP contribution in [0.5, 0.6) is 0 Å². The van der Waals surface area contributed by atoms with Crippen molar-refractivity contribution in [2.45, 2.75) is 13.5 Å². The van der Waals surface area contributed by atoms with Crippen LogP contribution < -0.4 is 5.32 Å². The quantitative estimate of drug-likeness (QED) is 0.854. The Labute approximate surface area is 112 Å². The molecule has 0 spiro atoms. The molecular formula is C13H19N3O3. The molecule has 6 heteroatoms. The highest BCUT2D eigenvalue weighted by Gasteiger charge is 2.24. The second-order valence-corrected chi connectivity index (χ2v) is 4.59. The normalized spacial score (nSPS) is 15.7. The van der Waals surface area contributed by atoms with E-state index < -0.39 is 0 Å². The lowest BCUT2D eigenvalue weighted by Crippen LogP contribution is -2.50. The van der Waals surface area contributed by atoms with Gasteiger partial charge in [-0.25, -0.2) is 0 Å². The lowest BCUT2D eigenvalue weighted by atomic mass is 10.3. The van der Waals surface area contributed by atoms with E-state index >= 15 is 0 Å². The number of carbonyl (C=O) groups is 2. The molecule has 1 aliphatic rings. The topological polar surface area (TPSA) is 65.8 Å². The predicted octanol–water partition coefficient (Wildman–Crippen LogP) is 0.303. The van der Waals surface area contributed by atoms with Gasteiger partial charge in [-0.2, -0.15) is 0 Å². The summed E-state index contributed by atoms with van der Waals surface area (Å²) in [6.07, 6.45) is 0. The Bertz CT molecular complexity index is 461. The van der Waals surface area contributed by atoms with Gasteiger partial charge in [0.15, 0.2) is 5.76 Å². The van der Waals surface area contributed by atoms with Gasteiger partial charge in [-0.1, -0.05) is 0 Å². The fourth-order valence-corrected chi connectivity index (χ4v) is 2.14. The van der Waals surface area contributed by atoms with E-state index in [1.54, 1.807) is 28.9 Å². The van der Waals surface area contributed by atoms with Crippen molar-refractivity contribution in [3.05, 3.63) is 23.7 Å². The number of hydrogen-bond donors (Lipinski definition) is 1. The highest BCUT2D eigenvalue weighted by Crippen LogP contribution is 2.12. The Morgan fingerprint density at radius 1 is 1.21 bits per heavy atom. The number of rotatable bonds is 3. The minimum atomic E-state index is -0.106. The van der Waals surface area contributed by atoms with Crippen molar-refractivity contribution in [2.24, 2.45) is 0 Å². The highest BCUT2D eigenvalue weighted by atomic mass is 16.4. The smallest absolute Gasteiger partial charge is 0.289 e. The van der Waals surface area contributed by atoms with Crippen LogP contribution in [0.3, 0.4) is 0 Å². The van der Waals surface area contributed by atoms with Crippen molar-refractivity contribution in [3.8, 4) is 0 Å². The van der Waals surface area contributed by atoms with Crippen molar-refractivity contribution >= 4 is 11.8 Å². The largest absolute Gasteiger partial charge is 0.455 e. The Morgan fingerprint density at radius 3 is 2.42 bits per heavy atom. The zero-order chi connectivity index (χ0) is 13.8. The summed E-state index contributed by atoms with van der Waals surface area (Å²) in [7, 11) is 1.82. The summed E-state index contributed by atoms with van der Waals surface area (Å²) in [5, 5.41) is 2.97. The second-order valence-electron chi connectivity index (χ2n) is 4.59. The average molecular weight is 265 g/mol. The van der Waals surface area contributed by atoms with Crippen LogP contribution in [0, 0.1) is 0 Å². The van der Waals surface area contributed by atoms with E-state index in [0.717, 1.165) is 5.76 Å². The molecule has 19 heavy (non-hydrogen) atoms. The van der Waals surface area contributed by atoms with Crippen LogP contribution in [0.4, 0.5) is 0 Å². The number of nitrogens with zero attached hydrogens (tertiary/aromatic N) is 2. The van der Waals surface area contributed by atoms with Crippen molar-refractivity contribution in [2.75, 3.05) is 33.2 Å². The van der Waals surface area contributed by atoms with E-state index in [0.29, 0.717) is 38.5 Å². The minimum Gasteiger partial charge on any atom is -0.455 e. The lowest BCUT2D eigenvalue weighted by molar-refractivity contribution is -0.130. The van der Waals surface area contributed by atoms with E-state index in [9.17, 15) is 9.59 Å². The molecule has 2 rings (SSSR count). The molecule has 104 valence electrons. The van der Waals surface area contributed by atoms with Gasteiger partial charge in [0.2, 0.25) is 5.91 Å². The monoisotopic (exact) mass is 265 g/mol. The zero-order valence-corrected chi connectivity index (χ0v) is 11.3. The van der Waals surface area contributed by atoms with Gasteiger partial charge in [0.1, 0.15) is 5.76 Å². The molecule has 0 bridgehead atoms. The summed E-state index contributed by atoms with van der Waals surface area (Å²) in [5.74, 6) is 1.06. The maximum absolute atomic E-state index is 12.2. The molecule has 1 aromatic heterocycles. The maximum atomic E-state index is 12.2. The van der Waals surface area contributed by atoms with Crippen molar-refractivity contribution in [1.29, 1.82) is 0 Å². The summed E-state index contributed by atoms with van der Waals surface area (Å²) < 4.78 is 5.48. The summed E-state index contributed by atoms with van der Waals surface area (Å²) in [6, 6.07) is 3.50. The average Bonchev–Trinajstić information content (AvgIpc) is 2.87. The van der Waals surface area contributed by atoms with Crippen LogP contribution in [-0.2, 0) is 11.3 Å². The molecule has 1 aromatic rings. The molecule has 2 amide bonds. The molecule has 0 aliphatic carbocycles. The molecule has 0 atom stereocenters. The number of piperazine rings is 1. The fraction of sp³-hybridized carbons (Fsp3) is 0.538. The first-order chi connectivity index (χ1) is 9.11. The third-order valence-electron chi connectivity index (χ3n) is 3.24. The SMILES string of the molecule is CNCc1ccc(C(=O)N2CCN(C(C)=O)CC2)o1. The van der Waals surface area contributed by atoms with Crippen LogP contribution in [0.25, 0.3) is 0 Å². The van der Waals surface area contributed by atoms with Crippen molar-refractivity contribution < 1.29 is 14.0 Å². The van der Waals surface area contributed by atoms with Gasteiger partial charge in [-0.15, -0.1) is 0 Å². The summed E-state index contributed by atoms with van der Waals surface area (Å²) in [4.78, 5) is 26.9. The number of hydrogen-bond acceptors (Lipinski definition) is 4. The molecule has 1 aliphatic heterocycles. The number of nitrogens with one attached hydrogen (secondary N) is 1. The minimum absolute atomic E-state index is 0.0569. The molecule has 1 fully saturated rings. The number of carbonyl (C=O) groups excluding carboxylic acids is 2. The predicted molar refractivity (Wildman–Crippen MR) is 69.6 cm³/mol. The first-order valence-corrected chi connectivity index (χ1v) is 6.40. The molecule has 1 N–H and O–H groups in total. The standard InChI is InChI=1S/C13H19N3O3/c1-10(17)15-5-7-16(8-6-15)13(18)12-4-3-11(19-12)9-14-2/h3-4,14H,5-9H2,1-2H3. The van der Waals surface area contributed by atoms with Crippen LogP contribution in [-0.4, -0.2) is 54.8 Å².